The molecule has 0 bridgehead atoms. The third-order valence-corrected chi connectivity index (χ3v) is 5.18. The molecule has 172 valence electrons. The minimum absolute atomic E-state index is 0.386. The number of hydrogen-bond acceptors (Lipinski definition) is 6. The second-order valence-electron chi connectivity index (χ2n) is 6.98. The zero-order valence-corrected chi connectivity index (χ0v) is 20.2. The van der Waals surface area contributed by atoms with Gasteiger partial charge in [0.05, 0.1) is 24.9 Å². The topological polar surface area (TPSA) is 78.4 Å². The molecule has 33 heavy (non-hydrogen) atoms. The van der Waals surface area contributed by atoms with Crippen LogP contribution < -0.4 is 24.4 Å². The molecule has 0 radical (unpaired) electrons. The molecule has 0 fully saturated rings. The minimum atomic E-state index is -0.746. The Hall–Kier alpha value is -3.52. The summed E-state index contributed by atoms with van der Waals surface area (Å²) in [6, 6.07) is 20.5. The molecule has 0 aliphatic heterocycles. The molecule has 0 aliphatic rings. The number of hydrogen-bond donors (Lipinski definition) is 1. The van der Waals surface area contributed by atoms with Gasteiger partial charge in [0.25, 0.3) is 5.91 Å². The van der Waals surface area contributed by atoms with Crippen LogP contribution in [0.1, 0.15) is 18.1 Å². The normalized spacial score (nSPS) is 11.6. The number of carbonyl (C=O) groups is 1. The summed E-state index contributed by atoms with van der Waals surface area (Å²) in [5.41, 5.74) is 4.25. The average molecular weight is 513 g/mol. The molecule has 1 atom stereocenters. The second-order valence-corrected chi connectivity index (χ2v) is 7.84. The fraction of sp³-hybridized carbons (Fsp3) is 0.200. The SMILES string of the molecule is COc1cccc(OC(C)C(=O)N/N=C/c2cc(Br)c(OCc3ccccc3)c(OC)c2)c1. The van der Waals surface area contributed by atoms with Gasteiger partial charge in [0.1, 0.15) is 18.1 Å². The predicted molar refractivity (Wildman–Crippen MR) is 130 cm³/mol. The summed E-state index contributed by atoms with van der Waals surface area (Å²) < 4.78 is 22.9. The van der Waals surface area contributed by atoms with Gasteiger partial charge in [0.2, 0.25) is 0 Å². The third kappa shape index (κ3) is 6.98. The van der Waals surface area contributed by atoms with E-state index in [4.69, 9.17) is 18.9 Å². The van der Waals surface area contributed by atoms with E-state index in [1.54, 1.807) is 51.5 Å². The van der Waals surface area contributed by atoms with E-state index < -0.39 is 6.10 Å². The summed E-state index contributed by atoms with van der Waals surface area (Å²) in [6.07, 6.45) is 0.772. The molecule has 3 aromatic carbocycles. The summed E-state index contributed by atoms with van der Waals surface area (Å²) in [4.78, 5) is 12.3. The first-order chi connectivity index (χ1) is 16.0. The summed E-state index contributed by atoms with van der Waals surface area (Å²) in [5.74, 6) is 1.92. The van der Waals surface area contributed by atoms with Crippen LogP contribution in [0.25, 0.3) is 0 Å². The van der Waals surface area contributed by atoms with Crippen molar-refractivity contribution in [3.8, 4) is 23.0 Å². The van der Waals surface area contributed by atoms with Gasteiger partial charge in [-0.2, -0.15) is 5.10 Å². The van der Waals surface area contributed by atoms with Gasteiger partial charge < -0.3 is 18.9 Å². The van der Waals surface area contributed by atoms with Crippen LogP contribution in [0, 0.1) is 0 Å². The Balaban J connectivity index is 1.60. The summed E-state index contributed by atoms with van der Waals surface area (Å²) in [7, 11) is 3.14. The van der Waals surface area contributed by atoms with E-state index in [-0.39, 0.29) is 5.91 Å². The van der Waals surface area contributed by atoms with E-state index in [9.17, 15) is 4.79 Å². The summed E-state index contributed by atoms with van der Waals surface area (Å²) in [5, 5.41) is 4.03. The number of carbonyl (C=O) groups excluding carboxylic acids is 1. The summed E-state index contributed by atoms with van der Waals surface area (Å²) >= 11 is 3.52. The molecule has 1 unspecified atom stereocenters. The van der Waals surface area contributed by atoms with Crippen LogP contribution in [0.4, 0.5) is 0 Å². The maximum Gasteiger partial charge on any atom is 0.280 e. The molecular weight excluding hydrogens is 488 g/mol. The summed E-state index contributed by atoms with van der Waals surface area (Å²) in [6.45, 7) is 2.05. The molecule has 0 saturated heterocycles. The predicted octanol–water partition coefficient (Wildman–Crippen LogP) is 4.96. The number of methoxy groups -OCH3 is 2. The average Bonchev–Trinajstić information content (AvgIpc) is 2.83. The molecule has 0 aliphatic carbocycles. The Morgan fingerprint density at radius 1 is 1.03 bits per heavy atom. The Morgan fingerprint density at radius 2 is 1.79 bits per heavy atom. The first-order valence-electron chi connectivity index (χ1n) is 10.2. The van der Waals surface area contributed by atoms with E-state index >= 15 is 0 Å². The first-order valence-corrected chi connectivity index (χ1v) is 11.0. The van der Waals surface area contributed by atoms with Gasteiger partial charge in [-0.25, -0.2) is 5.43 Å². The van der Waals surface area contributed by atoms with Gasteiger partial charge in [0.15, 0.2) is 17.6 Å². The van der Waals surface area contributed by atoms with Crippen molar-refractivity contribution in [3.63, 3.8) is 0 Å². The van der Waals surface area contributed by atoms with Crippen LogP contribution in [-0.4, -0.2) is 32.4 Å². The van der Waals surface area contributed by atoms with Crippen molar-refractivity contribution in [2.24, 2.45) is 5.10 Å². The zero-order chi connectivity index (χ0) is 23.6. The molecule has 1 N–H and O–H groups in total. The lowest BCUT2D eigenvalue weighted by molar-refractivity contribution is -0.127. The van der Waals surface area contributed by atoms with Crippen molar-refractivity contribution in [2.75, 3.05) is 14.2 Å². The molecule has 1 amide bonds. The number of nitrogens with zero attached hydrogens (tertiary/aromatic N) is 1. The highest BCUT2D eigenvalue weighted by Crippen LogP contribution is 2.36. The Labute approximate surface area is 201 Å². The van der Waals surface area contributed by atoms with Gasteiger partial charge in [-0.3, -0.25) is 4.79 Å². The zero-order valence-electron chi connectivity index (χ0n) is 18.6. The largest absolute Gasteiger partial charge is 0.497 e. The van der Waals surface area contributed by atoms with Crippen molar-refractivity contribution in [1.82, 2.24) is 5.43 Å². The van der Waals surface area contributed by atoms with Crippen LogP contribution in [0.3, 0.4) is 0 Å². The lowest BCUT2D eigenvalue weighted by Gasteiger charge is -2.14. The molecule has 0 saturated carbocycles. The van der Waals surface area contributed by atoms with Crippen LogP contribution >= 0.6 is 15.9 Å². The highest BCUT2D eigenvalue weighted by molar-refractivity contribution is 9.10. The van der Waals surface area contributed by atoms with Crippen molar-refractivity contribution in [1.29, 1.82) is 0 Å². The highest BCUT2D eigenvalue weighted by atomic mass is 79.9. The Bertz CT molecular complexity index is 1110. The number of amides is 1. The molecule has 8 heteroatoms. The van der Waals surface area contributed by atoms with E-state index in [0.29, 0.717) is 39.6 Å². The molecule has 3 rings (SSSR count). The number of ether oxygens (including phenoxy) is 4. The van der Waals surface area contributed by atoms with Crippen molar-refractivity contribution in [2.45, 2.75) is 19.6 Å². The monoisotopic (exact) mass is 512 g/mol. The van der Waals surface area contributed by atoms with Crippen molar-refractivity contribution in [3.05, 3.63) is 82.3 Å². The molecular formula is C25H25BrN2O5. The van der Waals surface area contributed by atoms with Crippen LogP contribution in [0.5, 0.6) is 23.0 Å². The van der Waals surface area contributed by atoms with E-state index in [1.807, 2.05) is 36.4 Å². The van der Waals surface area contributed by atoms with E-state index in [0.717, 1.165) is 5.56 Å². The maximum absolute atomic E-state index is 12.3. The Kier molecular flexibility index (Phi) is 8.71. The van der Waals surface area contributed by atoms with E-state index in [1.165, 1.54) is 6.21 Å². The highest BCUT2D eigenvalue weighted by Gasteiger charge is 2.15. The molecule has 0 aromatic heterocycles. The molecule has 7 nitrogen and oxygen atoms in total. The number of benzene rings is 3. The first kappa shape index (κ1) is 24.1. The van der Waals surface area contributed by atoms with Crippen LogP contribution in [-0.2, 0) is 11.4 Å². The molecule has 0 spiro atoms. The van der Waals surface area contributed by atoms with Gasteiger partial charge in [-0.15, -0.1) is 0 Å². The van der Waals surface area contributed by atoms with Gasteiger partial charge in [-0.05, 0) is 58.2 Å². The van der Waals surface area contributed by atoms with Crippen LogP contribution in [0.15, 0.2) is 76.3 Å². The molecule has 3 aromatic rings. The van der Waals surface area contributed by atoms with Gasteiger partial charge >= 0.3 is 0 Å². The fourth-order valence-corrected chi connectivity index (χ4v) is 3.45. The van der Waals surface area contributed by atoms with Gasteiger partial charge in [-0.1, -0.05) is 36.4 Å². The number of rotatable bonds is 10. The lowest BCUT2D eigenvalue weighted by Crippen LogP contribution is -2.33. The number of halogens is 1. The van der Waals surface area contributed by atoms with Crippen molar-refractivity contribution >= 4 is 28.1 Å². The number of nitrogens with one attached hydrogen (secondary N) is 1. The third-order valence-electron chi connectivity index (χ3n) is 4.59. The minimum Gasteiger partial charge on any atom is -0.497 e. The smallest absolute Gasteiger partial charge is 0.280 e. The molecule has 0 heterocycles. The van der Waals surface area contributed by atoms with Crippen LogP contribution in [0.2, 0.25) is 0 Å². The maximum atomic E-state index is 12.3. The standard InChI is InChI=1S/C25H25BrN2O5/c1-17(33-21-11-7-10-20(14-21)30-2)25(29)28-27-15-19-12-22(26)24(23(13-19)31-3)32-16-18-8-5-4-6-9-18/h4-15,17H,16H2,1-3H3,(H,28,29)/b27-15+. The lowest BCUT2D eigenvalue weighted by atomic mass is 10.2. The van der Waals surface area contributed by atoms with Crippen molar-refractivity contribution < 1.29 is 23.7 Å². The van der Waals surface area contributed by atoms with E-state index in [2.05, 4.69) is 26.5 Å². The Morgan fingerprint density at radius 3 is 2.52 bits per heavy atom. The fourth-order valence-electron chi connectivity index (χ4n) is 2.88. The number of hydrazone groups is 1. The second kappa shape index (κ2) is 11.9. The quantitative estimate of drug-likeness (QED) is 0.306. The van der Waals surface area contributed by atoms with Gasteiger partial charge in [0, 0.05) is 6.07 Å².